The Morgan fingerprint density at radius 2 is 2.00 bits per heavy atom. The summed E-state index contributed by atoms with van der Waals surface area (Å²) in [6, 6.07) is 10.5. The van der Waals surface area contributed by atoms with E-state index in [0.717, 1.165) is 38.2 Å². The summed E-state index contributed by atoms with van der Waals surface area (Å²) in [7, 11) is 1.81. The lowest BCUT2D eigenvalue weighted by Crippen LogP contribution is -2.36. The molecule has 2 heterocycles. The average Bonchev–Trinajstić information content (AvgIpc) is 2.77. The van der Waals surface area contributed by atoms with E-state index in [-0.39, 0.29) is 6.03 Å². The van der Waals surface area contributed by atoms with Crippen LogP contribution >= 0.6 is 0 Å². The van der Waals surface area contributed by atoms with Gasteiger partial charge in [0.15, 0.2) is 0 Å². The van der Waals surface area contributed by atoms with Gasteiger partial charge in [-0.15, -0.1) is 5.10 Å². The lowest BCUT2D eigenvalue weighted by Gasteiger charge is -2.20. The summed E-state index contributed by atoms with van der Waals surface area (Å²) >= 11 is 0. The molecule has 23 heavy (non-hydrogen) atoms. The van der Waals surface area contributed by atoms with E-state index in [1.54, 1.807) is 4.68 Å². The molecular weight excluding hydrogens is 290 g/mol. The van der Waals surface area contributed by atoms with Gasteiger partial charge in [-0.1, -0.05) is 30.3 Å². The number of aromatic nitrogens is 3. The van der Waals surface area contributed by atoms with Gasteiger partial charge in [-0.2, -0.15) is 4.98 Å². The maximum absolute atomic E-state index is 12.4. The number of carbonyl (C=O) groups is 1. The predicted molar refractivity (Wildman–Crippen MR) is 89.4 cm³/mol. The van der Waals surface area contributed by atoms with Crippen molar-refractivity contribution in [2.45, 2.75) is 32.1 Å². The van der Waals surface area contributed by atoms with Crippen molar-refractivity contribution < 1.29 is 4.79 Å². The molecule has 1 aromatic carbocycles. The fourth-order valence-electron chi connectivity index (χ4n) is 3.05. The highest BCUT2D eigenvalue weighted by Gasteiger charge is 2.22. The summed E-state index contributed by atoms with van der Waals surface area (Å²) < 4.78 is 1.66. The number of hydrogen-bond acceptors (Lipinski definition) is 3. The number of rotatable bonds is 2. The molecule has 122 valence electrons. The zero-order chi connectivity index (χ0) is 16.2. The first-order valence-corrected chi connectivity index (χ1v) is 8.12. The van der Waals surface area contributed by atoms with E-state index in [4.69, 9.17) is 0 Å². The van der Waals surface area contributed by atoms with Gasteiger partial charge >= 0.3 is 6.03 Å². The SMILES string of the molecule is Cc1nc(NC(=O)N2CCCC(c3ccccc3)CC2)nn1C. The maximum Gasteiger partial charge on any atom is 0.324 e. The summed E-state index contributed by atoms with van der Waals surface area (Å²) in [5.41, 5.74) is 1.37. The number of benzene rings is 1. The highest BCUT2D eigenvalue weighted by atomic mass is 16.2. The molecule has 1 unspecified atom stereocenters. The lowest BCUT2D eigenvalue weighted by atomic mass is 9.92. The van der Waals surface area contributed by atoms with Gasteiger partial charge in [0, 0.05) is 20.1 Å². The highest BCUT2D eigenvalue weighted by Crippen LogP contribution is 2.27. The Morgan fingerprint density at radius 3 is 2.70 bits per heavy atom. The second kappa shape index (κ2) is 6.81. The Morgan fingerprint density at radius 1 is 1.22 bits per heavy atom. The molecule has 3 rings (SSSR count). The molecule has 1 fully saturated rings. The first-order valence-electron chi connectivity index (χ1n) is 8.12. The van der Waals surface area contributed by atoms with Gasteiger partial charge in [0.1, 0.15) is 5.82 Å². The summed E-state index contributed by atoms with van der Waals surface area (Å²) in [5.74, 6) is 1.68. The van der Waals surface area contributed by atoms with Gasteiger partial charge in [-0.05, 0) is 37.7 Å². The minimum absolute atomic E-state index is 0.107. The van der Waals surface area contributed by atoms with Crippen LogP contribution in [0.3, 0.4) is 0 Å². The molecule has 0 radical (unpaired) electrons. The van der Waals surface area contributed by atoms with Crippen molar-refractivity contribution >= 4 is 12.0 Å². The minimum Gasteiger partial charge on any atom is -0.324 e. The van der Waals surface area contributed by atoms with E-state index in [0.29, 0.717) is 11.9 Å². The number of anilines is 1. The zero-order valence-corrected chi connectivity index (χ0v) is 13.7. The van der Waals surface area contributed by atoms with Gasteiger partial charge in [-0.3, -0.25) is 10.00 Å². The van der Waals surface area contributed by atoms with Gasteiger partial charge in [0.05, 0.1) is 0 Å². The number of nitrogens with one attached hydrogen (secondary N) is 1. The highest BCUT2D eigenvalue weighted by molar-refractivity contribution is 5.87. The van der Waals surface area contributed by atoms with E-state index < -0.39 is 0 Å². The van der Waals surface area contributed by atoms with Crippen LogP contribution in [0, 0.1) is 6.92 Å². The van der Waals surface area contributed by atoms with E-state index >= 15 is 0 Å². The molecule has 1 saturated heterocycles. The van der Waals surface area contributed by atoms with E-state index in [1.807, 2.05) is 24.9 Å². The Labute approximate surface area is 136 Å². The van der Waals surface area contributed by atoms with Crippen LogP contribution in [0.1, 0.15) is 36.6 Å². The van der Waals surface area contributed by atoms with Crippen molar-refractivity contribution in [1.82, 2.24) is 19.7 Å². The van der Waals surface area contributed by atoms with Crippen LogP contribution in [0.5, 0.6) is 0 Å². The van der Waals surface area contributed by atoms with E-state index in [9.17, 15) is 4.79 Å². The van der Waals surface area contributed by atoms with Gasteiger partial charge in [0.2, 0.25) is 5.95 Å². The third-order valence-electron chi connectivity index (χ3n) is 4.49. The third-order valence-corrected chi connectivity index (χ3v) is 4.49. The first kappa shape index (κ1) is 15.5. The average molecular weight is 313 g/mol. The second-order valence-electron chi connectivity index (χ2n) is 6.06. The van der Waals surface area contributed by atoms with Gasteiger partial charge < -0.3 is 4.90 Å². The zero-order valence-electron chi connectivity index (χ0n) is 13.7. The number of likely N-dealkylation sites (tertiary alicyclic amines) is 1. The van der Waals surface area contributed by atoms with Crippen LogP contribution in [0.25, 0.3) is 0 Å². The van der Waals surface area contributed by atoms with Crippen LogP contribution in [-0.4, -0.2) is 38.8 Å². The van der Waals surface area contributed by atoms with Crippen molar-refractivity contribution in [1.29, 1.82) is 0 Å². The number of urea groups is 1. The molecule has 2 amide bonds. The smallest absolute Gasteiger partial charge is 0.324 e. The molecule has 6 heteroatoms. The van der Waals surface area contributed by atoms with Crippen LogP contribution in [-0.2, 0) is 7.05 Å². The number of amides is 2. The van der Waals surface area contributed by atoms with Crippen molar-refractivity contribution in [3.8, 4) is 0 Å². The Hall–Kier alpha value is -2.37. The van der Waals surface area contributed by atoms with Gasteiger partial charge in [-0.25, -0.2) is 4.79 Å². The van der Waals surface area contributed by atoms with Crippen molar-refractivity contribution in [3.05, 3.63) is 41.7 Å². The summed E-state index contributed by atoms with van der Waals surface area (Å²) in [5, 5.41) is 6.98. The van der Waals surface area contributed by atoms with Crippen LogP contribution in [0.4, 0.5) is 10.7 Å². The van der Waals surface area contributed by atoms with Crippen LogP contribution in [0.2, 0.25) is 0 Å². The molecule has 2 aromatic rings. The molecule has 1 atom stereocenters. The third kappa shape index (κ3) is 3.70. The Bertz CT molecular complexity index is 647. The quantitative estimate of drug-likeness (QED) is 0.927. The summed E-state index contributed by atoms with van der Waals surface area (Å²) in [6.45, 7) is 3.40. The maximum atomic E-state index is 12.4. The fourth-order valence-corrected chi connectivity index (χ4v) is 3.05. The molecule has 0 aliphatic carbocycles. The van der Waals surface area contributed by atoms with Crippen LogP contribution in [0.15, 0.2) is 30.3 Å². The molecule has 1 N–H and O–H groups in total. The molecule has 1 aliphatic rings. The van der Waals surface area contributed by atoms with Crippen molar-refractivity contribution in [2.24, 2.45) is 7.05 Å². The topological polar surface area (TPSA) is 63.1 Å². The number of hydrogen-bond donors (Lipinski definition) is 1. The minimum atomic E-state index is -0.107. The summed E-state index contributed by atoms with van der Waals surface area (Å²) in [6.07, 6.45) is 3.13. The van der Waals surface area contributed by atoms with Crippen LogP contribution < -0.4 is 5.32 Å². The van der Waals surface area contributed by atoms with Crippen molar-refractivity contribution in [2.75, 3.05) is 18.4 Å². The second-order valence-corrected chi connectivity index (χ2v) is 6.06. The number of aryl methyl sites for hydroxylation is 2. The molecule has 1 aliphatic heterocycles. The molecule has 0 bridgehead atoms. The summed E-state index contributed by atoms with van der Waals surface area (Å²) in [4.78, 5) is 18.5. The largest absolute Gasteiger partial charge is 0.324 e. The van der Waals surface area contributed by atoms with E-state index in [2.05, 4.69) is 39.7 Å². The number of nitrogens with zero attached hydrogens (tertiary/aromatic N) is 4. The normalized spacial score (nSPS) is 18.5. The van der Waals surface area contributed by atoms with E-state index in [1.165, 1.54) is 5.56 Å². The Kier molecular flexibility index (Phi) is 4.60. The Balaban J connectivity index is 1.60. The lowest BCUT2D eigenvalue weighted by molar-refractivity contribution is 0.213. The molecule has 1 aromatic heterocycles. The standard InChI is InChI=1S/C17H23N5O/c1-13-18-16(20-21(13)2)19-17(23)22-11-6-9-15(10-12-22)14-7-4-3-5-8-14/h3-5,7-8,15H,6,9-12H2,1-2H3,(H,19,20,23). The molecule has 0 spiro atoms. The number of carbonyl (C=O) groups excluding carboxylic acids is 1. The fraction of sp³-hybridized carbons (Fsp3) is 0.471. The van der Waals surface area contributed by atoms with Gasteiger partial charge in [0.25, 0.3) is 0 Å². The predicted octanol–water partition coefficient (Wildman–Crippen LogP) is 2.93. The molecular formula is C17H23N5O. The molecule has 0 saturated carbocycles. The molecule has 6 nitrogen and oxygen atoms in total. The first-order chi connectivity index (χ1) is 11.1. The van der Waals surface area contributed by atoms with Crippen molar-refractivity contribution in [3.63, 3.8) is 0 Å². The monoisotopic (exact) mass is 313 g/mol.